The van der Waals surface area contributed by atoms with E-state index in [2.05, 4.69) is 21.4 Å². The lowest BCUT2D eigenvalue weighted by molar-refractivity contribution is 0.773. The Kier molecular flexibility index (Phi) is 4.92. The van der Waals surface area contributed by atoms with Gasteiger partial charge in [-0.1, -0.05) is 6.08 Å². The third-order valence-electron chi connectivity index (χ3n) is 2.53. The van der Waals surface area contributed by atoms with Gasteiger partial charge in [-0.3, -0.25) is 0 Å². The summed E-state index contributed by atoms with van der Waals surface area (Å²) in [6.45, 7) is 7.10. The lowest BCUT2D eigenvalue weighted by atomic mass is 10.2. The first kappa shape index (κ1) is 12.6. The van der Waals surface area contributed by atoms with Gasteiger partial charge < -0.3 is 10.6 Å². The first-order valence-electron chi connectivity index (χ1n) is 5.53. The van der Waals surface area contributed by atoms with Crippen molar-refractivity contribution in [3.05, 3.63) is 30.1 Å². The van der Waals surface area contributed by atoms with Gasteiger partial charge in [-0.15, -0.1) is 6.58 Å². The number of hydrogen-bond donors (Lipinski definition) is 1. The predicted molar refractivity (Wildman–Crippen MR) is 67.4 cm³/mol. The molecule has 1 aromatic heterocycles. The van der Waals surface area contributed by atoms with Gasteiger partial charge in [0.2, 0.25) is 5.95 Å². The number of rotatable bonds is 6. The Hall–Kier alpha value is -1.42. The maximum Gasteiger partial charge on any atom is 0.225 e. The second-order valence-corrected chi connectivity index (χ2v) is 3.84. The first-order valence-corrected chi connectivity index (χ1v) is 5.53. The van der Waals surface area contributed by atoms with Gasteiger partial charge in [-0.2, -0.15) is 0 Å². The van der Waals surface area contributed by atoms with Crippen LogP contribution in [0.3, 0.4) is 0 Å². The Labute approximate surface area is 97.2 Å². The number of aromatic nitrogens is 2. The van der Waals surface area contributed by atoms with Crippen LogP contribution in [0.15, 0.2) is 18.9 Å². The number of nitrogens with two attached hydrogens (primary N) is 1. The van der Waals surface area contributed by atoms with Crippen LogP contribution in [0.25, 0.3) is 0 Å². The topological polar surface area (TPSA) is 55.0 Å². The summed E-state index contributed by atoms with van der Waals surface area (Å²) in [7, 11) is 2.00. The van der Waals surface area contributed by atoms with Gasteiger partial charge >= 0.3 is 0 Å². The van der Waals surface area contributed by atoms with Crippen molar-refractivity contribution in [1.82, 2.24) is 9.97 Å². The minimum absolute atomic E-state index is 0.492. The Balaban J connectivity index is 2.65. The second kappa shape index (κ2) is 6.23. The molecular formula is C12H20N4. The zero-order valence-corrected chi connectivity index (χ0v) is 10.1. The molecule has 1 aromatic rings. The summed E-state index contributed by atoms with van der Waals surface area (Å²) in [5.74, 6) is 0.763. The van der Waals surface area contributed by atoms with Crippen LogP contribution in [-0.2, 0) is 6.54 Å². The molecule has 0 aliphatic rings. The van der Waals surface area contributed by atoms with Gasteiger partial charge in [-0.25, -0.2) is 9.97 Å². The molecule has 0 unspecified atom stereocenters. The van der Waals surface area contributed by atoms with Crippen molar-refractivity contribution in [3.63, 3.8) is 0 Å². The summed E-state index contributed by atoms with van der Waals surface area (Å²) >= 11 is 0. The number of allylic oxidation sites excluding steroid dienone is 1. The van der Waals surface area contributed by atoms with E-state index in [4.69, 9.17) is 5.73 Å². The fraction of sp³-hybridized carbons (Fsp3) is 0.500. The van der Waals surface area contributed by atoms with Crippen molar-refractivity contribution in [1.29, 1.82) is 0 Å². The molecular weight excluding hydrogens is 200 g/mol. The molecule has 0 radical (unpaired) electrons. The van der Waals surface area contributed by atoms with Gasteiger partial charge in [0.25, 0.3) is 0 Å². The molecule has 4 heteroatoms. The van der Waals surface area contributed by atoms with Crippen LogP contribution in [0.5, 0.6) is 0 Å². The summed E-state index contributed by atoms with van der Waals surface area (Å²) < 4.78 is 0. The Morgan fingerprint density at radius 3 is 2.88 bits per heavy atom. The molecule has 0 aromatic carbocycles. The summed E-state index contributed by atoms with van der Waals surface area (Å²) in [5.41, 5.74) is 7.53. The smallest absolute Gasteiger partial charge is 0.225 e. The average molecular weight is 220 g/mol. The van der Waals surface area contributed by atoms with Crippen LogP contribution in [0.1, 0.15) is 24.1 Å². The van der Waals surface area contributed by atoms with Crippen molar-refractivity contribution >= 4 is 5.95 Å². The summed E-state index contributed by atoms with van der Waals surface area (Å²) in [4.78, 5) is 10.8. The third-order valence-corrected chi connectivity index (χ3v) is 2.53. The number of unbranched alkanes of at least 4 members (excludes halogenated alkanes) is 1. The van der Waals surface area contributed by atoms with E-state index >= 15 is 0 Å². The van der Waals surface area contributed by atoms with Crippen LogP contribution in [-0.4, -0.2) is 23.6 Å². The summed E-state index contributed by atoms with van der Waals surface area (Å²) in [6, 6.07) is 0. The van der Waals surface area contributed by atoms with Gasteiger partial charge in [0.1, 0.15) is 0 Å². The summed E-state index contributed by atoms with van der Waals surface area (Å²) in [6.07, 6.45) is 5.82. The lowest BCUT2D eigenvalue weighted by Gasteiger charge is -2.17. The molecule has 0 amide bonds. The van der Waals surface area contributed by atoms with Crippen LogP contribution < -0.4 is 10.6 Å². The van der Waals surface area contributed by atoms with E-state index in [0.29, 0.717) is 6.54 Å². The van der Waals surface area contributed by atoms with E-state index in [1.54, 1.807) is 0 Å². The Bertz CT molecular complexity index is 349. The Morgan fingerprint density at radius 2 is 2.31 bits per heavy atom. The zero-order valence-electron chi connectivity index (χ0n) is 10.1. The number of nitrogens with zero attached hydrogens (tertiary/aromatic N) is 3. The van der Waals surface area contributed by atoms with Gasteiger partial charge in [0.05, 0.1) is 0 Å². The highest BCUT2D eigenvalue weighted by atomic mass is 15.2. The number of hydrogen-bond acceptors (Lipinski definition) is 4. The van der Waals surface area contributed by atoms with Crippen molar-refractivity contribution in [2.24, 2.45) is 5.73 Å². The molecule has 0 saturated heterocycles. The van der Waals surface area contributed by atoms with Crippen molar-refractivity contribution in [2.45, 2.75) is 26.3 Å². The van der Waals surface area contributed by atoms with Gasteiger partial charge in [0, 0.05) is 37.6 Å². The van der Waals surface area contributed by atoms with Crippen molar-refractivity contribution in [2.75, 3.05) is 18.5 Å². The van der Waals surface area contributed by atoms with Gasteiger partial charge in [-0.05, 0) is 19.8 Å². The fourth-order valence-corrected chi connectivity index (χ4v) is 1.44. The van der Waals surface area contributed by atoms with E-state index in [1.165, 1.54) is 0 Å². The number of anilines is 1. The third kappa shape index (κ3) is 3.31. The highest BCUT2D eigenvalue weighted by Crippen LogP contribution is 2.10. The predicted octanol–water partition coefficient (Wildman–Crippen LogP) is 1.65. The molecule has 0 spiro atoms. The fourth-order valence-electron chi connectivity index (χ4n) is 1.44. The van der Waals surface area contributed by atoms with E-state index in [9.17, 15) is 0 Å². The maximum atomic E-state index is 5.57. The van der Waals surface area contributed by atoms with Crippen molar-refractivity contribution in [3.8, 4) is 0 Å². The second-order valence-electron chi connectivity index (χ2n) is 3.84. The highest BCUT2D eigenvalue weighted by Gasteiger charge is 2.05. The van der Waals surface area contributed by atoms with E-state index < -0.39 is 0 Å². The minimum Gasteiger partial charge on any atom is -0.344 e. The van der Waals surface area contributed by atoms with Gasteiger partial charge in [0.15, 0.2) is 0 Å². The van der Waals surface area contributed by atoms with Crippen molar-refractivity contribution < 1.29 is 0 Å². The molecule has 16 heavy (non-hydrogen) atoms. The van der Waals surface area contributed by atoms with Crippen LogP contribution in [0.4, 0.5) is 5.95 Å². The SMILES string of the molecule is C=CCCCN(C)c1ncc(CN)c(C)n1. The maximum absolute atomic E-state index is 5.57. The summed E-state index contributed by atoms with van der Waals surface area (Å²) in [5, 5.41) is 0. The molecule has 2 N–H and O–H groups in total. The molecule has 1 rings (SSSR count). The van der Waals surface area contributed by atoms with Crippen LogP contribution >= 0.6 is 0 Å². The van der Waals surface area contributed by atoms with E-state index in [1.807, 2.05) is 26.2 Å². The molecule has 4 nitrogen and oxygen atoms in total. The molecule has 88 valence electrons. The van der Waals surface area contributed by atoms with E-state index in [0.717, 1.165) is 36.6 Å². The first-order chi connectivity index (χ1) is 7.69. The highest BCUT2D eigenvalue weighted by molar-refractivity contribution is 5.31. The normalized spacial score (nSPS) is 10.2. The molecule has 0 atom stereocenters. The average Bonchev–Trinajstić information content (AvgIpc) is 2.29. The van der Waals surface area contributed by atoms with E-state index in [-0.39, 0.29) is 0 Å². The van der Waals surface area contributed by atoms with Crippen LogP contribution in [0.2, 0.25) is 0 Å². The largest absolute Gasteiger partial charge is 0.344 e. The minimum atomic E-state index is 0.492. The standard InChI is InChI=1S/C12H20N4/c1-4-5-6-7-16(3)12-14-9-11(8-13)10(2)15-12/h4,9H,1,5-8,13H2,2-3H3. The lowest BCUT2D eigenvalue weighted by Crippen LogP contribution is -2.21. The molecule has 0 aliphatic heterocycles. The molecule has 0 bridgehead atoms. The molecule has 0 aliphatic carbocycles. The monoisotopic (exact) mass is 220 g/mol. The quantitative estimate of drug-likeness (QED) is 0.585. The molecule has 1 heterocycles. The van der Waals surface area contributed by atoms with Crippen LogP contribution in [0, 0.1) is 6.92 Å². The molecule has 0 fully saturated rings. The Morgan fingerprint density at radius 1 is 1.56 bits per heavy atom. The zero-order chi connectivity index (χ0) is 12.0. The molecule has 0 saturated carbocycles. The number of aryl methyl sites for hydroxylation is 1.